The maximum absolute atomic E-state index is 11.6. The summed E-state index contributed by atoms with van der Waals surface area (Å²) in [5.41, 5.74) is -0.106. The van der Waals surface area contributed by atoms with Crippen LogP contribution in [0.1, 0.15) is 6.23 Å². The van der Waals surface area contributed by atoms with Gasteiger partial charge in [0.05, 0.1) is 19.3 Å². The minimum absolute atomic E-state index is 0.0955. The van der Waals surface area contributed by atoms with Crippen molar-refractivity contribution in [1.82, 2.24) is 19.5 Å². The van der Waals surface area contributed by atoms with Crippen LogP contribution in [0.25, 0.3) is 11.2 Å². The zero-order valence-corrected chi connectivity index (χ0v) is 11.8. The SMILES string of the molecule is O=c1[nH]cnc2c1ncn2[C@@H]1O[C@H]2COP(=O)(O)O[C@@H]2[C@H]1O. The number of phosphoric acid groups is 1. The molecule has 3 N–H and O–H groups in total. The van der Waals surface area contributed by atoms with E-state index in [1.807, 2.05) is 0 Å². The number of hydrogen-bond acceptors (Lipinski definition) is 8. The summed E-state index contributed by atoms with van der Waals surface area (Å²) in [6.45, 7) is -0.188. The molecule has 1 unspecified atom stereocenters. The third-order valence-electron chi connectivity index (χ3n) is 3.61. The zero-order chi connectivity index (χ0) is 15.5. The van der Waals surface area contributed by atoms with Gasteiger partial charge in [0, 0.05) is 0 Å². The fourth-order valence-corrected chi connectivity index (χ4v) is 3.58. The van der Waals surface area contributed by atoms with E-state index in [2.05, 4.69) is 19.5 Å². The van der Waals surface area contributed by atoms with Crippen molar-refractivity contribution in [3.05, 3.63) is 23.0 Å². The van der Waals surface area contributed by atoms with Crippen LogP contribution in [0.5, 0.6) is 0 Å². The van der Waals surface area contributed by atoms with Crippen LogP contribution in [0, 0.1) is 0 Å². The Morgan fingerprint density at radius 2 is 2.27 bits per heavy atom. The van der Waals surface area contributed by atoms with Gasteiger partial charge in [-0.15, -0.1) is 0 Å². The number of hydrogen-bond donors (Lipinski definition) is 3. The minimum Gasteiger partial charge on any atom is -0.386 e. The van der Waals surface area contributed by atoms with E-state index in [1.165, 1.54) is 17.2 Å². The molecule has 0 bridgehead atoms. The number of imidazole rings is 1. The van der Waals surface area contributed by atoms with Gasteiger partial charge < -0.3 is 19.7 Å². The first-order valence-electron chi connectivity index (χ1n) is 6.36. The van der Waals surface area contributed by atoms with Crippen molar-refractivity contribution in [2.45, 2.75) is 24.5 Å². The van der Waals surface area contributed by atoms with E-state index in [4.69, 9.17) is 9.26 Å². The summed E-state index contributed by atoms with van der Waals surface area (Å²) in [4.78, 5) is 31.3. The van der Waals surface area contributed by atoms with Crippen LogP contribution in [0.2, 0.25) is 0 Å². The van der Waals surface area contributed by atoms with Crippen molar-refractivity contribution in [3.63, 3.8) is 0 Å². The number of fused-ring (bicyclic) bond motifs is 2. The average Bonchev–Trinajstić information content (AvgIpc) is 3.01. The summed E-state index contributed by atoms with van der Waals surface area (Å²) in [6, 6.07) is 0. The number of aliphatic hydroxyl groups excluding tert-OH is 1. The van der Waals surface area contributed by atoms with E-state index in [0.29, 0.717) is 0 Å². The van der Waals surface area contributed by atoms with Gasteiger partial charge in [-0.2, -0.15) is 0 Å². The smallest absolute Gasteiger partial charge is 0.386 e. The number of rotatable bonds is 1. The van der Waals surface area contributed by atoms with Crippen molar-refractivity contribution in [3.8, 4) is 0 Å². The molecule has 12 heteroatoms. The highest BCUT2D eigenvalue weighted by Gasteiger charge is 2.52. The summed E-state index contributed by atoms with van der Waals surface area (Å²) in [5, 5.41) is 10.3. The van der Waals surface area contributed by atoms with E-state index in [1.54, 1.807) is 0 Å². The summed E-state index contributed by atoms with van der Waals surface area (Å²) in [6.07, 6.45) is -1.43. The van der Waals surface area contributed by atoms with Crippen LogP contribution in [0.3, 0.4) is 0 Å². The Bertz CT molecular complexity index is 834. The lowest BCUT2D eigenvalue weighted by Gasteiger charge is -2.27. The van der Waals surface area contributed by atoms with Crippen molar-refractivity contribution in [2.24, 2.45) is 0 Å². The van der Waals surface area contributed by atoms with E-state index in [9.17, 15) is 19.4 Å². The van der Waals surface area contributed by atoms with Gasteiger partial charge >= 0.3 is 7.82 Å². The fraction of sp³-hybridized carbons (Fsp3) is 0.500. The molecule has 4 heterocycles. The summed E-state index contributed by atoms with van der Waals surface area (Å²) >= 11 is 0. The maximum Gasteiger partial charge on any atom is 0.472 e. The summed E-state index contributed by atoms with van der Waals surface area (Å²) < 4.78 is 27.9. The highest BCUT2D eigenvalue weighted by Crippen LogP contribution is 2.52. The van der Waals surface area contributed by atoms with Crippen LogP contribution >= 0.6 is 7.82 Å². The van der Waals surface area contributed by atoms with Gasteiger partial charge in [-0.1, -0.05) is 0 Å². The molecule has 2 fully saturated rings. The van der Waals surface area contributed by atoms with Gasteiger partial charge in [0.1, 0.15) is 18.3 Å². The van der Waals surface area contributed by atoms with E-state index in [0.717, 1.165) is 0 Å². The molecule has 118 valence electrons. The molecule has 2 aliphatic heterocycles. The second-order valence-electron chi connectivity index (χ2n) is 4.95. The molecule has 0 spiro atoms. The number of nitrogens with zero attached hydrogens (tertiary/aromatic N) is 3. The molecule has 0 saturated carbocycles. The Hall–Kier alpha value is -1.62. The first kappa shape index (κ1) is 14.0. The second-order valence-corrected chi connectivity index (χ2v) is 6.35. The molecule has 0 amide bonds. The molecule has 0 radical (unpaired) electrons. The quantitative estimate of drug-likeness (QED) is 0.553. The van der Waals surface area contributed by atoms with Crippen molar-refractivity contribution in [2.75, 3.05) is 6.61 Å². The van der Waals surface area contributed by atoms with E-state index < -0.39 is 37.9 Å². The molecule has 0 aliphatic carbocycles. The Balaban J connectivity index is 1.73. The van der Waals surface area contributed by atoms with Crippen molar-refractivity contribution >= 4 is 19.0 Å². The Labute approximate surface area is 122 Å². The van der Waals surface area contributed by atoms with Gasteiger partial charge in [0.2, 0.25) is 0 Å². The van der Waals surface area contributed by atoms with Crippen LogP contribution < -0.4 is 5.56 Å². The van der Waals surface area contributed by atoms with Crippen molar-refractivity contribution < 1.29 is 28.3 Å². The first-order valence-corrected chi connectivity index (χ1v) is 7.85. The third-order valence-corrected chi connectivity index (χ3v) is 4.59. The third kappa shape index (κ3) is 2.02. The normalized spacial score (nSPS) is 38.3. The van der Waals surface area contributed by atoms with Gasteiger partial charge in [0.25, 0.3) is 5.56 Å². The molecule has 2 aromatic heterocycles. The lowest BCUT2D eigenvalue weighted by molar-refractivity contribution is -0.0664. The zero-order valence-electron chi connectivity index (χ0n) is 10.9. The highest BCUT2D eigenvalue weighted by molar-refractivity contribution is 7.47. The highest BCUT2D eigenvalue weighted by atomic mass is 31.2. The number of aromatic nitrogens is 4. The predicted molar refractivity (Wildman–Crippen MR) is 68.7 cm³/mol. The summed E-state index contributed by atoms with van der Waals surface area (Å²) in [7, 11) is -4.19. The number of phosphoric ester groups is 1. The molecule has 11 nitrogen and oxygen atoms in total. The largest absolute Gasteiger partial charge is 0.472 e. The molecule has 4 rings (SSSR count). The van der Waals surface area contributed by atoms with Gasteiger partial charge in [0.15, 0.2) is 17.4 Å². The number of aliphatic hydroxyl groups is 1. The van der Waals surface area contributed by atoms with Crippen LogP contribution in [-0.2, 0) is 18.3 Å². The number of H-pyrrole nitrogens is 1. The van der Waals surface area contributed by atoms with Gasteiger partial charge in [-0.3, -0.25) is 18.4 Å². The molecule has 5 atom stereocenters. The maximum atomic E-state index is 11.6. The predicted octanol–water partition coefficient (Wildman–Crippen LogP) is -1.11. The minimum atomic E-state index is -4.19. The van der Waals surface area contributed by atoms with Gasteiger partial charge in [-0.25, -0.2) is 14.5 Å². The number of ether oxygens (including phenoxy) is 1. The molecule has 2 saturated heterocycles. The Morgan fingerprint density at radius 1 is 1.45 bits per heavy atom. The molecule has 22 heavy (non-hydrogen) atoms. The standard InChI is InChI=1S/C10H11N4O7P/c15-6-7-4(1-19-22(17,18)21-7)20-10(6)14-3-13-5-8(14)11-2-12-9(5)16/h2-4,6-7,10,15H,1H2,(H,17,18)(H,11,12,16)/t4-,6+,7-,10+/m0/s1. The molecule has 2 aliphatic rings. The van der Waals surface area contributed by atoms with Crippen LogP contribution in [0.4, 0.5) is 0 Å². The summed E-state index contributed by atoms with van der Waals surface area (Å²) in [5.74, 6) is 0. The van der Waals surface area contributed by atoms with Crippen LogP contribution in [-0.4, -0.2) is 54.4 Å². The molecule has 2 aromatic rings. The fourth-order valence-electron chi connectivity index (χ4n) is 2.61. The molecular formula is C10H11N4O7P. The van der Waals surface area contributed by atoms with E-state index in [-0.39, 0.29) is 17.8 Å². The van der Waals surface area contributed by atoms with Gasteiger partial charge in [-0.05, 0) is 0 Å². The molecule has 0 aromatic carbocycles. The monoisotopic (exact) mass is 330 g/mol. The lowest BCUT2D eigenvalue weighted by Crippen LogP contribution is -2.39. The van der Waals surface area contributed by atoms with E-state index >= 15 is 0 Å². The number of aromatic amines is 1. The van der Waals surface area contributed by atoms with Crippen molar-refractivity contribution in [1.29, 1.82) is 0 Å². The topological polar surface area (TPSA) is 149 Å². The average molecular weight is 330 g/mol. The first-order chi connectivity index (χ1) is 10.5. The lowest BCUT2D eigenvalue weighted by atomic mass is 10.1. The van der Waals surface area contributed by atoms with Crippen LogP contribution in [0.15, 0.2) is 17.4 Å². The Morgan fingerprint density at radius 3 is 3.09 bits per heavy atom. The second kappa shape index (κ2) is 4.69. The molecular weight excluding hydrogens is 319 g/mol. The Kier molecular flexibility index (Phi) is 2.98. The number of nitrogens with one attached hydrogen (secondary N) is 1.